The molecule has 55 heavy (non-hydrogen) atoms. The minimum absolute atomic E-state index is 0.413. The first-order valence-corrected chi connectivity index (χ1v) is 16.1. The molecule has 0 unspecified atom stereocenters. The minimum atomic E-state index is -5.08. The van der Waals surface area contributed by atoms with Crippen LogP contribution in [0.1, 0.15) is 0 Å². The molecular weight excluding hydrogens is 754 g/mol. The van der Waals surface area contributed by atoms with Gasteiger partial charge in [0.1, 0.15) is 47.4 Å². The molecule has 0 spiro atoms. The molecule has 0 saturated carbocycles. The smallest absolute Gasteiger partial charge is 0.489 e. The average Bonchev–Trinajstić information content (AvgIpc) is 3.12. The van der Waals surface area contributed by atoms with Gasteiger partial charge >= 0.3 is 24.3 Å². The molecule has 0 aliphatic carbocycles. The van der Waals surface area contributed by atoms with Gasteiger partial charge in [0.05, 0.1) is 66.1 Å². The third-order valence-electron chi connectivity index (χ3n) is 6.35. The molecule has 4 aromatic rings. The Labute approximate surface area is 310 Å². The number of carboxylic acid groups (broad SMARTS) is 2. The number of nitrogen functional groups attached to an aromatic ring is 2. The van der Waals surface area contributed by atoms with Crippen molar-refractivity contribution in [2.24, 2.45) is 0 Å². The molecule has 0 bridgehead atoms. The number of hydrogen-bond donors (Lipinski definition) is 4. The first-order valence-electron chi connectivity index (χ1n) is 16.1. The van der Waals surface area contributed by atoms with Crippen molar-refractivity contribution < 1.29 is 79.3 Å². The second-order valence-electron chi connectivity index (χ2n) is 10.5. The number of carboxylic acids is 2. The molecule has 0 fully saturated rings. The lowest BCUT2D eigenvalue weighted by molar-refractivity contribution is -0.193. The lowest BCUT2D eigenvalue weighted by Gasteiger charge is -2.10. The quantitative estimate of drug-likeness (QED) is 0.0701. The van der Waals surface area contributed by atoms with Crippen molar-refractivity contribution in [3.63, 3.8) is 0 Å². The number of carbonyl (C=O) groups is 2. The third-order valence-corrected chi connectivity index (χ3v) is 6.35. The summed E-state index contributed by atoms with van der Waals surface area (Å²) in [6.45, 7) is 5.61. The van der Waals surface area contributed by atoms with E-state index in [9.17, 15) is 26.3 Å². The topological polar surface area (TPSA) is 217 Å². The van der Waals surface area contributed by atoms with Gasteiger partial charge in [-0.3, -0.25) is 0 Å². The van der Waals surface area contributed by atoms with Gasteiger partial charge < -0.3 is 54.8 Å². The second kappa shape index (κ2) is 24.2. The second-order valence-corrected chi connectivity index (χ2v) is 10.5. The van der Waals surface area contributed by atoms with E-state index in [1.165, 1.54) is 0 Å². The fraction of sp³-hybridized carbons (Fsp3) is 0.412. The van der Waals surface area contributed by atoms with Crippen LogP contribution in [0.15, 0.2) is 60.7 Å². The van der Waals surface area contributed by atoms with Crippen LogP contribution >= 0.6 is 0 Å². The average molecular weight is 795 g/mol. The largest absolute Gasteiger partial charge is 0.490 e. The number of nitrogens with zero attached hydrogens (tertiary/aromatic N) is 2. The number of benzene rings is 2. The number of para-hydroxylation sites is 2. The summed E-state index contributed by atoms with van der Waals surface area (Å²) in [6.07, 6.45) is -10.2. The van der Waals surface area contributed by atoms with Crippen molar-refractivity contribution >= 4 is 45.4 Å². The number of alkyl halides is 6. The van der Waals surface area contributed by atoms with E-state index in [1.807, 2.05) is 48.5 Å². The Morgan fingerprint density at radius 2 is 0.764 bits per heavy atom. The van der Waals surface area contributed by atoms with Gasteiger partial charge in [-0.15, -0.1) is 0 Å². The van der Waals surface area contributed by atoms with E-state index in [1.54, 1.807) is 12.1 Å². The zero-order valence-electron chi connectivity index (χ0n) is 29.1. The van der Waals surface area contributed by atoms with Crippen LogP contribution in [-0.2, 0) is 33.3 Å². The molecule has 2 aromatic heterocycles. The highest BCUT2D eigenvalue weighted by Crippen LogP contribution is 2.25. The number of fused-ring (bicyclic) bond motifs is 2. The highest BCUT2D eigenvalue weighted by molar-refractivity contribution is 5.86. The molecule has 21 heteroatoms. The number of aliphatic carboxylic acids is 2. The maximum absolute atomic E-state index is 10.6. The Hall–Kier alpha value is -5.22. The maximum Gasteiger partial charge on any atom is 0.490 e. The number of rotatable bonds is 20. The SMILES string of the molecule is Nc1ccc2cccc(OCCOCCOCCOCCOCCOCCOc3cccc4ccc(N)nc34)c2n1.O=C(O)C(F)(F)F.O=C(O)C(F)(F)F. The number of ether oxygens (including phenoxy) is 7. The van der Waals surface area contributed by atoms with E-state index in [-0.39, 0.29) is 0 Å². The summed E-state index contributed by atoms with van der Waals surface area (Å²) in [6, 6.07) is 18.9. The lowest BCUT2D eigenvalue weighted by atomic mass is 10.2. The Bertz CT molecular complexity index is 1620. The van der Waals surface area contributed by atoms with Crippen molar-refractivity contribution in [3.05, 3.63) is 60.7 Å². The minimum Gasteiger partial charge on any atom is -0.489 e. The van der Waals surface area contributed by atoms with Crippen molar-refractivity contribution in [3.8, 4) is 11.5 Å². The van der Waals surface area contributed by atoms with Crippen LogP contribution in [0.2, 0.25) is 0 Å². The number of nitrogens with two attached hydrogens (primary N) is 2. The van der Waals surface area contributed by atoms with E-state index in [2.05, 4.69) is 9.97 Å². The molecule has 0 aliphatic rings. The highest BCUT2D eigenvalue weighted by atomic mass is 19.4. The van der Waals surface area contributed by atoms with Crippen LogP contribution in [0.4, 0.5) is 38.0 Å². The van der Waals surface area contributed by atoms with Crippen molar-refractivity contribution in [1.29, 1.82) is 0 Å². The molecule has 0 atom stereocenters. The first kappa shape index (κ1) is 45.9. The van der Waals surface area contributed by atoms with Gasteiger partial charge in [0.25, 0.3) is 0 Å². The van der Waals surface area contributed by atoms with E-state index >= 15 is 0 Å². The van der Waals surface area contributed by atoms with Crippen LogP contribution in [-0.4, -0.2) is 124 Å². The molecule has 0 aliphatic heterocycles. The summed E-state index contributed by atoms with van der Waals surface area (Å²) in [7, 11) is 0. The highest BCUT2D eigenvalue weighted by Gasteiger charge is 2.38. The van der Waals surface area contributed by atoms with Crippen molar-refractivity contribution in [1.82, 2.24) is 9.97 Å². The predicted molar refractivity (Wildman–Crippen MR) is 185 cm³/mol. The number of hydrogen-bond acceptors (Lipinski definition) is 13. The molecule has 15 nitrogen and oxygen atoms in total. The van der Waals surface area contributed by atoms with Gasteiger partial charge in [-0.1, -0.05) is 24.3 Å². The fourth-order valence-corrected chi connectivity index (χ4v) is 3.91. The normalized spacial score (nSPS) is 11.3. The van der Waals surface area contributed by atoms with Gasteiger partial charge in [-0.2, -0.15) is 26.3 Å². The molecule has 0 amide bonds. The van der Waals surface area contributed by atoms with Crippen molar-refractivity contribution in [2.75, 3.05) is 90.7 Å². The van der Waals surface area contributed by atoms with Crippen LogP contribution in [0.5, 0.6) is 11.5 Å². The maximum atomic E-state index is 10.6. The molecular formula is C34H40F6N4O11. The van der Waals surface area contributed by atoms with Crippen LogP contribution in [0.25, 0.3) is 21.8 Å². The summed E-state index contributed by atoms with van der Waals surface area (Å²) in [5.74, 6) is -3.21. The number of aromatic nitrogens is 2. The zero-order valence-corrected chi connectivity index (χ0v) is 29.1. The Kier molecular flexibility index (Phi) is 20.2. The standard InChI is InChI=1S/C30H38N4O7.2C2HF3O2/c31-27-9-7-23-3-1-5-25(29(23)33-27)40-21-19-38-17-15-36-13-11-35-12-14-37-16-18-39-20-22-41-26-6-2-4-24-8-10-28(32)34-30(24)26;2*3-2(4,5)1(6)7/h1-10H,11-22H2,(H2,31,33)(H2,32,34);2*(H,6,7). The molecule has 0 saturated heterocycles. The summed E-state index contributed by atoms with van der Waals surface area (Å²) >= 11 is 0. The first-order chi connectivity index (χ1) is 26.1. The summed E-state index contributed by atoms with van der Waals surface area (Å²) in [4.78, 5) is 26.5. The third kappa shape index (κ3) is 19.1. The monoisotopic (exact) mass is 794 g/mol. The zero-order chi connectivity index (χ0) is 40.7. The van der Waals surface area contributed by atoms with E-state index in [0.29, 0.717) is 102 Å². The lowest BCUT2D eigenvalue weighted by Crippen LogP contribution is -2.21. The molecule has 2 aromatic carbocycles. The van der Waals surface area contributed by atoms with Crippen LogP contribution in [0, 0.1) is 0 Å². The molecule has 6 N–H and O–H groups in total. The van der Waals surface area contributed by atoms with Gasteiger partial charge in [0.15, 0.2) is 0 Å². The number of halogens is 6. The summed E-state index contributed by atoms with van der Waals surface area (Å²) in [5.41, 5.74) is 13.1. The number of pyridine rings is 2. The fourth-order valence-electron chi connectivity index (χ4n) is 3.91. The van der Waals surface area contributed by atoms with Gasteiger partial charge in [0, 0.05) is 10.8 Å². The van der Waals surface area contributed by atoms with E-state index in [0.717, 1.165) is 21.8 Å². The van der Waals surface area contributed by atoms with Gasteiger partial charge in [-0.05, 0) is 36.4 Å². The van der Waals surface area contributed by atoms with Gasteiger partial charge in [0.2, 0.25) is 0 Å². The molecule has 2 heterocycles. The van der Waals surface area contributed by atoms with E-state index < -0.39 is 24.3 Å². The van der Waals surface area contributed by atoms with E-state index in [4.69, 9.17) is 64.4 Å². The predicted octanol–water partition coefficient (Wildman–Crippen LogP) is 4.75. The Balaban J connectivity index is 0.000000633. The molecule has 304 valence electrons. The molecule has 4 rings (SSSR count). The summed E-state index contributed by atoms with van der Waals surface area (Å²) in [5, 5.41) is 16.2. The van der Waals surface area contributed by atoms with Crippen molar-refractivity contribution in [2.45, 2.75) is 12.4 Å². The van der Waals surface area contributed by atoms with Gasteiger partial charge in [-0.25, -0.2) is 19.6 Å². The summed E-state index contributed by atoms with van der Waals surface area (Å²) < 4.78 is 103. The number of anilines is 2. The molecule has 0 radical (unpaired) electrons. The Morgan fingerprint density at radius 1 is 0.491 bits per heavy atom. The van der Waals surface area contributed by atoms with Crippen LogP contribution < -0.4 is 20.9 Å². The van der Waals surface area contributed by atoms with Crippen LogP contribution in [0.3, 0.4) is 0 Å². The Morgan fingerprint density at radius 3 is 1.04 bits per heavy atom.